The second-order valence-electron chi connectivity index (χ2n) is 4.70. The van der Waals surface area contributed by atoms with E-state index in [9.17, 15) is 0 Å². The predicted octanol–water partition coefficient (Wildman–Crippen LogP) is 2.85. The fourth-order valence-electron chi connectivity index (χ4n) is 1.72. The van der Waals surface area contributed by atoms with E-state index in [0.29, 0.717) is 6.61 Å². The van der Waals surface area contributed by atoms with Crippen molar-refractivity contribution in [3.63, 3.8) is 0 Å². The summed E-state index contributed by atoms with van der Waals surface area (Å²) in [6, 6.07) is 6.95. The van der Waals surface area contributed by atoms with Gasteiger partial charge in [0.05, 0.1) is 11.1 Å². The van der Waals surface area contributed by atoms with Crippen LogP contribution in [0.25, 0.3) is 0 Å². The lowest BCUT2D eigenvalue weighted by Gasteiger charge is -2.10. The second-order valence-corrected chi connectivity index (χ2v) is 5.55. The summed E-state index contributed by atoms with van der Waals surface area (Å²) in [7, 11) is 0. The van der Waals surface area contributed by atoms with Crippen molar-refractivity contribution in [2.24, 2.45) is 0 Å². The van der Waals surface area contributed by atoms with Gasteiger partial charge >= 0.3 is 0 Å². The highest BCUT2D eigenvalue weighted by atomic mass is 79.9. The van der Waals surface area contributed by atoms with E-state index < -0.39 is 0 Å². The van der Waals surface area contributed by atoms with Crippen molar-refractivity contribution in [1.82, 2.24) is 5.32 Å². The normalized spacial score (nSPS) is 14.8. The lowest BCUT2D eigenvalue weighted by atomic mass is 10.2. The Morgan fingerprint density at radius 2 is 2.17 bits per heavy atom. The number of benzene rings is 1. The Kier molecular flexibility index (Phi) is 5.47. The minimum atomic E-state index is 0.232. The molecule has 1 aliphatic rings. The van der Waals surface area contributed by atoms with Gasteiger partial charge in [0, 0.05) is 19.2 Å². The molecule has 1 fully saturated rings. The zero-order valence-electron chi connectivity index (χ0n) is 10.5. The van der Waals surface area contributed by atoms with Crippen LogP contribution in [0.15, 0.2) is 22.7 Å². The molecule has 1 saturated carbocycles. The summed E-state index contributed by atoms with van der Waals surface area (Å²) in [4.78, 5) is 0. The van der Waals surface area contributed by atoms with Gasteiger partial charge in [-0.3, -0.25) is 0 Å². The summed E-state index contributed by atoms with van der Waals surface area (Å²) >= 11 is 3.54. The van der Waals surface area contributed by atoms with Crippen molar-refractivity contribution in [3.05, 3.63) is 28.2 Å². The maximum absolute atomic E-state index is 8.69. The first-order chi connectivity index (χ1) is 8.79. The molecular formula is C14H20BrNO2. The SMILES string of the molecule is OCCCCOc1ccc(CNC2CC2)cc1Br. The lowest BCUT2D eigenvalue weighted by Crippen LogP contribution is -2.15. The van der Waals surface area contributed by atoms with Crippen LogP contribution in [0.2, 0.25) is 0 Å². The van der Waals surface area contributed by atoms with Crippen LogP contribution >= 0.6 is 15.9 Å². The minimum Gasteiger partial charge on any atom is -0.492 e. The van der Waals surface area contributed by atoms with E-state index in [2.05, 4.69) is 33.4 Å². The first-order valence-electron chi connectivity index (χ1n) is 6.55. The van der Waals surface area contributed by atoms with Crippen LogP contribution in [0, 0.1) is 0 Å². The molecule has 0 heterocycles. The van der Waals surface area contributed by atoms with Gasteiger partial charge in [-0.25, -0.2) is 0 Å². The summed E-state index contributed by atoms with van der Waals surface area (Å²) in [5, 5.41) is 12.2. The number of hydrogen-bond donors (Lipinski definition) is 2. The molecule has 0 spiro atoms. The molecule has 18 heavy (non-hydrogen) atoms. The summed E-state index contributed by atoms with van der Waals surface area (Å²) in [6.07, 6.45) is 4.30. The summed E-state index contributed by atoms with van der Waals surface area (Å²) in [6.45, 7) is 1.81. The predicted molar refractivity (Wildman–Crippen MR) is 75.8 cm³/mol. The van der Waals surface area contributed by atoms with Crippen molar-refractivity contribution in [2.75, 3.05) is 13.2 Å². The molecule has 1 aliphatic carbocycles. The van der Waals surface area contributed by atoms with Gasteiger partial charge in [-0.2, -0.15) is 0 Å². The first-order valence-corrected chi connectivity index (χ1v) is 7.34. The fraction of sp³-hybridized carbons (Fsp3) is 0.571. The quantitative estimate of drug-likeness (QED) is 0.725. The first kappa shape index (κ1) is 13.8. The lowest BCUT2D eigenvalue weighted by molar-refractivity contribution is 0.252. The molecule has 100 valence electrons. The van der Waals surface area contributed by atoms with Gasteiger partial charge in [-0.05, 0) is 59.3 Å². The Balaban J connectivity index is 1.79. The Hall–Kier alpha value is -0.580. The Morgan fingerprint density at radius 1 is 1.33 bits per heavy atom. The van der Waals surface area contributed by atoms with Crippen LogP contribution in [0.1, 0.15) is 31.2 Å². The molecular weight excluding hydrogens is 294 g/mol. The van der Waals surface area contributed by atoms with Gasteiger partial charge in [0.2, 0.25) is 0 Å². The van der Waals surface area contributed by atoms with Gasteiger partial charge < -0.3 is 15.2 Å². The molecule has 0 aliphatic heterocycles. The third-order valence-electron chi connectivity index (χ3n) is 2.98. The highest BCUT2D eigenvalue weighted by molar-refractivity contribution is 9.10. The highest BCUT2D eigenvalue weighted by Gasteiger charge is 2.19. The van der Waals surface area contributed by atoms with Gasteiger partial charge in [0.25, 0.3) is 0 Å². The molecule has 2 N–H and O–H groups in total. The minimum absolute atomic E-state index is 0.232. The van der Waals surface area contributed by atoms with E-state index in [1.165, 1.54) is 18.4 Å². The molecule has 0 radical (unpaired) electrons. The van der Waals surface area contributed by atoms with E-state index >= 15 is 0 Å². The topological polar surface area (TPSA) is 41.5 Å². The average Bonchev–Trinajstić information content (AvgIpc) is 3.18. The Morgan fingerprint density at radius 3 is 2.83 bits per heavy atom. The molecule has 0 saturated heterocycles. The van der Waals surface area contributed by atoms with Gasteiger partial charge in [-0.15, -0.1) is 0 Å². The van der Waals surface area contributed by atoms with E-state index in [1.54, 1.807) is 0 Å². The smallest absolute Gasteiger partial charge is 0.133 e. The number of ether oxygens (including phenoxy) is 1. The number of aliphatic hydroxyl groups is 1. The van der Waals surface area contributed by atoms with Crippen molar-refractivity contribution in [1.29, 1.82) is 0 Å². The summed E-state index contributed by atoms with van der Waals surface area (Å²) in [5.41, 5.74) is 1.27. The molecule has 1 aromatic carbocycles. The van der Waals surface area contributed by atoms with Crippen molar-refractivity contribution >= 4 is 15.9 Å². The van der Waals surface area contributed by atoms with Crippen molar-refractivity contribution in [3.8, 4) is 5.75 Å². The molecule has 2 rings (SSSR count). The monoisotopic (exact) mass is 313 g/mol. The molecule has 4 heteroatoms. The van der Waals surface area contributed by atoms with E-state index in [-0.39, 0.29) is 6.61 Å². The zero-order valence-corrected chi connectivity index (χ0v) is 12.1. The van der Waals surface area contributed by atoms with E-state index in [4.69, 9.17) is 9.84 Å². The molecule has 0 bridgehead atoms. The third-order valence-corrected chi connectivity index (χ3v) is 3.60. The van der Waals surface area contributed by atoms with E-state index in [0.717, 1.165) is 35.7 Å². The standard InChI is InChI=1S/C14H20BrNO2/c15-13-9-11(10-16-12-4-5-12)3-6-14(13)18-8-2-1-7-17/h3,6,9,12,16-17H,1-2,4-5,7-8,10H2. The summed E-state index contributed by atoms with van der Waals surface area (Å²) < 4.78 is 6.65. The summed E-state index contributed by atoms with van der Waals surface area (Å²) in [5.74, 6) is 0.878. The molecule has 3 nitrogen and oxygen atoms in total. The van der Waals surface area contributed by atoms with Gasteiger partial charge in [0.1, 0.15) is 5.75 Å². The van der Waals surface area contributed by atoms with E-state index in [1.807, 2.05) is 6.07 Å². The Labute approximate surface area is 117 Å². The highest BCUT2D eigenvalue weighted by Crippen LogP contribution is 2.27. The zero-order chi connectivity index (χ0) is 12.8. The van der Waals surface area contributed by atoms with Gasteiger partial charge in [-0.1, -0.05) is 6.07 Å². The average molecular weight is 314 g/mol. The number of aliphatic hydroxyl groups excluding tert-OH is 1. The number of unbranched alkanes of at least 4 members (excludes halogenated alkanes) is 1. The second kappa shape index (κ2) is 7.12. The van der Waals surface area contributed by atoms with Crippen molar-refractivity contribution < 1.29 is 9.84 Å². The number of nitrogens with one attached hydrogen (secondary N) is 1. The molecule has 0 atom stereocenters. The van der Waals surface area contributed by atoms with Crippen LogP contribution in [0.3, 0.4) is 0 Å². The third kappa shape index (κ3) is 4.59. The van der Waals surface area contributed by atoms with Gasteiger partial charge in [0.15, 0.2) is 0 Å². The van der Waals surface area contributed by atoms with Crippen LogP contribution in [0.4, 0.5) is 0 Å². The largest absolute Gasteiger partial charge is 0.492 e. The molecule has 1 aromatic rings. The maximum Gasteiger partial charge on any atom is 0.133 e. The number of hydrogen-bond acceptors (Lipinski definition) is 3. The van der Waals surface area contributed by atoms with Crippen LogP contribution in [-0.2, 0) is 6.54 Å². The van der Waals surface area contributed by atoms with Crippen molar-refractivity contribution in [2.45, 2.75) is 38.3 Å². The van der Waals surface area contributed by atoms with Crippen LogP contribution in [-0.4, -0.2) is 24.4 Å². The molecule has 0 amide bonds. The number of halogens is 1. The number of rotatable bonds is 8. The van der Waals surface area contributed by atoms with Crippen LogP contribution < -0.4 is 10.1 Å². The maximum atomic E-state index is 8.69. The molecule has 0 unspecified atom stereocenters. The van der Waals surface area contributed by atoms with Crippen LogP contribution in [0.5, 0.6) is 5.75 Å². The molecule has 0 aromatic heterocycles. The Bertz CT molecular complexity index is 380. The fourth-order valence-corrected chi connectivity index (χ4v) is 2.26.